The lowest BCUT2D eigenvalue weighted by Gasteiger charge is -2.20. The van der Waals surface area contributed by atoms with E-state index in [0.29, 0.717) is 17.6 Å². The first-order valence-electron chi connectivity index (χ1n) is 6.46. The van der Waals surface area contributed by atoms with Crippen molar-refractivity contribution in [1.82, 2.24) is 0 Å². The normalized spacial score (nSPS) is 40.8. The van der Waals surface area contributed by atoms with Crippen LogP contribution >= 0.6 is 0 Å². The molecule has 2 atom stereocenters. The Labute approximate surface area is 99.6 Å². The molecular formula is C15H24O. The minimum absolute atomic E-state index is 0.302. The molecule has 0 spiro atoms. The lowest BCUT2D eigenvalue weighted by molar-refractivity contribution is 0.241. The molecule has 0 N–H and O–H groups in total. The van der Waals surface area contributed by atoms with Gasteiger partial charge in [-0.15, -0.1) is 0 Å². The molecule has 0 saturated carbocycles. The van der Waals surface area contributed by atoms with Crippen LogP contribution < -0.4 is 0 Å². The highest BCUT2D eigenvalue weighted by Gasteiger charge is 2.48. The van der Waals surface area contributed by atoms with Gasteiger partial charge in [0.15, 0.2) is 0 Å². The molecule has 1 nitrogen and oxygen atoms in total. The first-order chi connectivity index (χ1) is 7.49. The third-order valence-corrected chi connectivity index (χ3v) is 3.88. The van der Waals surface area contributed by atoms with Crippen LogP contribution in [0.5, 0.6) is 0 Å². The summed E-state index contributed by atoms with van der Waals surface area (Å²) >= 11 is 0. The highest BCUT2D eigenvalue weighted by Crippen LogP contribution is 2.44. The largest absolute Gasteiger partial charge is 0.369 e. The van der Waals surface area contributed by atoms with Gasteiger partial charge in [0.2, 0.25) is 0 Å². The summed E-state index contributed by atoms with van der Waals surface area (Å²) in [5.74, 6) is 0. The molecule has 1 heteroatoms. The summed E-state index contributed by atoms with van der Waals surface area (Å²) < 4.78 is 5.84. The smallest absolute Gasteiger partial charge is 0.0898 e. The molecule has 1 saturated heterocycles. The van der Waals surface area contributed by atoms with E-state index in [1.807, 2.05) is 0 Å². The summed E-state index contributed by atoms with van der Waals surface area (Å²) in [5.41, 5.74) is 3.32. The third-order valence-electron chi connectivity index (χ3n) is 3.88. The van der Waals surface area contributed by atoms with Crippen LogP contribution in [-0.4, -0.2) is 12.2 Å². The molecule has 90 valence electrons. The number of fused-ring (bicyclic) bond motifs is 1. The molecule has 2 aliphatic rings. The third kappa shape index (κ3) is 2.76. The van der Waals surface area contributed by atoms with Gasteiger partial charge < -0.3 is 4.74 Å². The summed E-state index contributed by atoms with van der Waals surface area (Å²) in [6, 6.07) is 0. The van der Waals surface area contributed by atoms with Crippen molar-refractivity contribution >= 4 is 0 Å². The summed E-state index contributed by atoms with van der Waals surface area (Å²) in [7, 11) is 0. The minimum atomic E-state index is 0.302. The van der Waals surface area contributed by atoms with Gasteiger partial charge >= 0.3 is 0 Å². The second-order valence-corrected chi connectivity index (χ2v) is 6.13. The van der Waals surface area contributed by atoms with Crippen LogP contribution in [0, 0.1) is 5.41 Å². The summed E-state index contributed by atoms with van der Waals surface area (Å²) in [5, 5.41) is 0. The van der Waals surface area contributed by atoms with E-state index < -0.39 is 0 Å². The van der Waals surface area contributed by atoms with E-state index in [0.717, 1.165) is 12.8 Å². The predicted octanol–water partition coefficient (Wildman–Crippen LogP) is 4.25. The van der Waals surface area contributed by atoms with E-state index >= 15 is 0 Å². The first-order valence-corrected chi connectivity index (χ1v) is 6.46. The molecule has 1 aliphatic heterocycles. The molecule has 0 radical (unpaired) electrons. The zero-order valence-electron chi connectivity index (χ0n) is 11.0. The molecule has 0 unspecified atom stereocenters. The van der Waals surface area contributed by atoms with Crippen molar-refractivity contribution in [2.45, 2.75) is 65.6 Å². The lowest BCUT2D eigenvalue weighted by atomic mass is 9.82. The van der Waals surface area contributed by atoms with Crippen LogP contribution in [0.25, 0.3) is 0 Å². The van der Waals surface area contributed by atoms with Crippen LogP contribution in [0.3, 0.4) is 0 Å². The highest BCUT2D eigenvalue weighted by atomic mass is 16.6. The molecule has 2 rings (SSSR count). The Morgan fingerprint density at radius 1 is 1.19 bits per heavy atom. The molecule has 0 aromatic heterocycles. The Morgan fingerprint density at radius 2 is 1.94 bits per heavy atom. The van der Waals surface area contributed by atoms with Gasteiger partial charge in [0.05, 0.1) is 12.2 Å². The molecule has 1 heterocycles. The fourth-order valence-corrected chi connectivity index (χ4v) is 2.59. The van der Waals surface area contributed by atoms with E-state index in [4.69, 9.17) is 4.74 Å². The van der Waals surface area contributed by atoms with Gasteiger partial charge in [0, 0.05) is 0 Å². The molecule has 0 amide bonds. The number of hydrogen-bond donors (Lipinski definition) is 0. The monoisotopic (exact) mass is 220 g/mol. The Kier molecular flexibility index (Phi) is 3.25. The molecule has 0 aromatic rings. The van der Waals surface area contributed by atoms with Crippen molar-refractivity contribution < 1.29 is 4.74 Å². The molecule has 1 aliphatic carbocycles. The van der Waals surface area contributed by atoms with E-state index in [9.17, 15) is 0 Å². The van der Waals surface area contributed by atoms with Crippen molar-refractivity contribution in [1.29, 1.82) is 0 Å². The number of ether oxygens (including phenoxy) is 1. The van der Waals surface area contributed by atoms with Gasteiger partial charge in [-0.2, -0.15) is 0 Å². The van der Waals surface area contributed by atoms with E-state index in [1.54, 1.807) is 0 Å². The van der Waals surface area contributed by atoms with Crippen LogP contribution in [0.4, 0.5) is 0 Å². The van der Waals surface area contributed by atoms with Gasteiger partial charge in [-0.3, -0.25) is 0 Å². The average Bonchev–Trinajstić information content (AvgIpc) is 2.94. The fourth-order valence-electron chi connectivity index (χ4n) is 2.59. The van der Waals surface area contributed by atoms with Crippen LogP contribution in [0.2, 0.25) is 0 Å². The molecule has 0 aromatic carbocycles. The lowest BCUT2D eigenvalue weighted by Crippen LogP contribution is -2.20. The number of allylic oxidation sites excluding steroid dienone is 3. The average molecular weight is 220 g/mol. The quantitative estimate of drug-likeness (QED) is 0.439. The van der Waals surface area contributed by atoms with Gasteiger partial charge in [-0.25, -0.2) is 0 Å². The van der Waals surface area contributed by atoms with Gasteiger partial charge in [-0.1, -0.05) is 37.1 Å². The minimum Gasteiger partial charge on any atom is -0.369 e. The van der Waals surface area contributed by atoms with E-state index in [1.165, 1.54) is 24.0 Å². The summed E-state index contributed by atoms with van der Waals surface area (Å²) in [6.07, 6.45) is 10.4. The highest BCUT2D eigenvalue weighted by molar-refractivity contribution is 5.12. The Hall–Kier alpha value is -0.560. The molecule has 16 heavy (non-hydrogen) atoms. The van der Waals surface area contributed by atoms with Crippen molar-refractivity contribution in [3.63, 3.8) is 0 Å². The predicted molar refractivity (Wildman–Crippen MR) is 68.4 cm³/mol. The van der Waals surface area contributed by atoms with Crippen molar-refractivity contribution in [2.24, 2.45) is 5.41 Å². The number of hydrogen-bond acceptors (Lipinski definition) is 1. The Morgan fingerprint density at radius 3 is 2.69 bits per heavy atom. The van der Waals surface area contributed by atoms with Crippen molar-refractivity contribution in [2.75, 3.05) is 0 Å². The SMILES string of the molecule is C/C1=C/CC(C)(C)[C@H]2O[C@H]2C/C(C)=C\CC1. The maximum absolute atomic E-state index is 5.84. The summed E-state index contributed by atoms with van der Waals surface area (Å²) in [6.45, 7) is 9.15. The standard InChI is InChI=1S/C15H24O/c1-11-6-5-7-12(2)10-13-14(16-13)15(3,4)9-8-11/h7-8,13-14H,5-6,9-10H2,1-4H3/b11-8-,12-7-/t13-,14-/m0/s1. The maximum Gasteiger partial charge on any atom is 0.0898 e. The summed E-state index contributed by atoms with van der Waals surface area (Å²) in [4.78, 5) is 0. The zero-order valence-corrected chi connectivity index (χ0v) is 11.0. The van der Waals surface area contributed by atoms with Crippen LogP contribution in [0.1, 0.15) is 53.4 Å². The van der Waals surface area contributed by atoms with E-state index in [-0.39, 0.29) is 0 Å². The molecule has 1 fully saturated rings. The van der Waals surface area contributed by atoms with Crippen molar-refractivity contribution in [3.05, 3.63) is 23.3 Å². The molecule has 0 bridgehead atoms. The van der Waals surface area contributed by atoms with Gasteiger partial charge in [0.25, 0.3) is 0 Å². The first kappa shape index (κ1) is 11.9. The van der Waals surface area contributed by atoms with Crippen LogP contribution in [0.15, 0.2) is 23.3 Å². The number of rotatable bonds is 0. The van der Waals surface area contributed by atoms with Gasteiger partial charge in [-0.05, 0) is 44.9 Å². The fraction of sp³-hybridized carbons (Fsp3) is 0.733. The Bertz CT molecular complexity index is 322. The zero-order chi connectivity index (χ0) is 11.8. The van der Waals surface area contributed by atoms with Crippen LogP contribution in [-0.2, 0) is 4.74 Å². The second kappa shape index (κ2) is 4.37. The van der Waals surface area contributed by atoms with E-state index in [2.05, 4.69) is 39.8 Å². The van der Waals surface area contributed by atoms with Crippen molar-refractivity contribution in [3.8, 4) is 0 Å². The topological polar surface area (TPSA) is 12.5 Å². The Balaban J connectivity index is 2.12. The second-order valence-electron chi connectivity index (χ2n) is 6.13. The van der Waals surface area contributed by atoms with Gasteiger partial charge in [0.1, 0.15) is 0 Å². The molecular weight excluding hydrogens is 196 g/mol. The maximum atomic E-state index is 5.84. The number of epoxide rings is 1.